The van der Waals surface area contributed by atoms with Crippen LogP contribution in [0.2, 0.25) is 0 Å². The van der Waals surface area contributed by atoms with Crippen LogP contribution in [0.25, 0.3) is 11.7 Å². The molecule has 7 heteroatoms. The van der Waals surface area contributed by atoms with Gasteiger partial charge in [-0.1, -0.05) is 0 Å². The number of fused-ring (bicyclic) bond motifs is 1. The molecule has 18 heavy (non-hydrogen) atoms. The van der Waals surface area contributed by atoms with Gasteiger partial charge in [-0.2, -0.15) is 13.2 Å². The molecule has 0 aliphatic carbocycles. The zero-order chi connectivity index (χ0) is 13.3. The van der Waals surface area contributed by atoms with Crippen molar-refractivity contribution in [3.63, 3.8) is 0 Å². The highest BCUT2D eigenvalue weighted by molar-refractivity contribution is 5.85. The Morgan fingerprint density at radius 3 is 2.78 bits per heavy atom. The molecule has 0 aromatic carbocycles. The standard InChI is InChI=1S/C11H7F3N2O2/c12-11(13,14)8-2-1-5-16-7(3-4-9(17)18)6-15-10(8)16/h1-6H,(H,17,18)/b4-3+. The van der Waals surface area contributed by atoms with Crippen LogP contribution < -0.4 is 0 Å². The van der Waals surface area contributed by atoms with Crippen molar-refractivity contribution in [1.29, 1.82) is 0 Å². The Morgan fingerprint density at radius 2 is 2.17 bits per heavy atom. The highest BCUT2D eigenvalue weighted by Gasteiger charge is 2.33. The number of alkyl halides is 3. The fraction of sp³-hybridized carbons (Fsp3) is 0.0909. The topological polar surface area (TPSA) is 54.6 Å². The van der Waals surface area contributed by atoms with E-state index in [0.717, 1.165) is 12.1 Å². The number of carboxylic acids is 1. The molecule has 2 aromatic heterocycles. The zero-order valence-electron chi connectivity index (χ0n) is 8.85. The van der Waals surface area contributed by atoms with E-state index >= 15 is 0 Å². The second-order valence-electron chi connectivity index (χ2n) is 3.47. The second kappa shape index (κ2) is 4.17. The van der Waals surface area contributed by atoms with E-state index in [1.165, 1.54) is 28.9 Å². The smallest absolute Gasteiger partial charge is 0.419 e. The zero-order valence-corrected chi connectivity index (χ0v) is 8.85. The molecule has 4 nitrogen and oxygen atoms in total. The Kier molecular flexibility index (Phi) is 2.82. The molecule has 0 radical (unpaired) electrons. The average Bonchev–Trinajstić information content (AvgIpc) is 2.67. The van der Waals surface area contributed by atoms with Crippen molar-refractivity contribution < 1.29 is 23.1 Å². The SMILES string of the molecule is O=C(O)/C=C/c1cnc2c(C(F)(F)F)cccn12. The first kappa shape index (κ1) is 12.2. The molecule has 0 aliphatic rings. The van der Waals surface area contributed by atoms with Crippen molar-refractivity contribution in [2.75, 3.05) is 0 Å². The Balaban J connectivity index is 2.59. The minimum atomic E-state index is -4.50. The third kappa shape index (κ3) is 2.20. The lowest BCUT2D eigenvalue weighted by atomic mass is 10.2. The molecule has 0 unspecified atom stereocenters. The van der Waals surface area contributed by atoms with Gasteiger partial charge in [-0.25, -0.2) is 9.78 Å². The van der Waals surface area contributed by atoms with Crippen molar-refractivity contribution in [3.05, 3.63) is 41.9 Å². The number of carboxylic acid groups (broad SMARTS) is 1. The van der Waals surface area contributed by atoms with Gasteiger partial charge >= 0.3 is 12.1 Å². The van der Waals surface area contributed by atoms with Crippen LogP contribution in [0.4, 0.5) is 13.2 Å². The van der Waals surface area contributed by atoms with Gasteiger partial charge in [-0.05, 0) is 18.2 Å². The molecule has 2 rings (SSSR count). The maximum atomic E-state index is 12.7. The molecule has 0 atom stereocenters. The lowest BCUT2D eigenvalue weighted by Crippen LogP contribution is -2.07. The van der Waals surface area contributed by atoms with E-state index in [0.29, 0.717) is 0 Å². The lowest BCUT2D eigenvalue weighted by Gasteiger charge is -2.07. The predicted molar refractivity (Wildman–Crippen MR) is 56.9 cm³/mol. The van der Waals surface area contributed by atoms with E-state index in [1.807, 2.05) is 0 Å². The molecule has 0 saturated heterocycles. The molecule has 94 valence electrons. The summed E-state index contributed by atoms with van der Waals surface area (Å²) in [5.41, 5.74) is -0.853. The van der Waals surface area contributed by atoms with Gasteiger partial charge in [-0.15, -0.1) is 0 Å². The molecule has 1 N–H and O–H groups in total. The van der Waals surface area contributed by atoms with E-state index in [9.17, 15) is 18.0 Å². The summed E-state index contributed by atoms with van der Waals surface area (Å²) in [6.45, 7) is 0. The van der Waals surface area contributed by atoms with E-state index in [2.05, 4.69) is 4.98 Å². The summed E-state index contributed by atoms with van der Waals surface area (Å²) >= 11 is 0. The monoisotopic (exact) mass is 256 g/mol. The molecule has 0 saturated carbocycles. The number of hydrogen-bond donors (Lipinski definition) is 1. The van der Waals surface area contributed by atoms with Gasteiger partial charge in [-0.3, -0.25) is 4.40 Å². The van der Waals surface area contributed by atoms with Crippen LogP contribution in [0, 0.1) is 0 Å². The van der Waals surface area contributed by atoms with E-state index in [4.69, 9.17) is 5.11 Å². The molecule has 0 aliphatic heterocycles. The van der Waals surface area contributed by atoms with Gasteiger partial charge < -0.3 is 5.11 Å². The van der Waals surface area contributed by atoms with Crippen molar-refractivity contribution >= 4 is 17.7 Å². The number of aliphatic carboxylic acids is 1. The van der Waals surface area contributed by atoms with Gasteiger partial charge in [0.2, 0.25) is 0 Å². The van der Waals surface area contributed by atoms with Gasteiger partial charge in [0.15, 0.2) is 0 Å². The van der Waals surface area contributed by atoms with E-state index in [-0.39, 0.29) is 11.3 Å². The molecule has 2 heterocycles. The predicted octanol–water partition coefficient (Wildman–Crippen LogP) is 2.45. The lowest BCUT2D eigenvalue weighted by molar-refractivity contribution is -0.136. The number of imidazole rings is 1. The maximum absolute atomic E-state index is 12.7. The minimum absolute atomic E-state index is 0.255. The third-order valence-electron chi connectivity index (χ3n) is 2.27. The van der Waals surface area contributed by atoms with Crippen LogP contribution in [0.15, 0.2) is 30.6 Å². The summed E-state index contributed by atoms with van der Waals surface area (Å²) in [7, 11) is 0. The number of carbonyl (C=O) groups is 1. The second-order valence-corrected chi connectivity index (χ2v) is 3.47. The van der Waals surface area contributed by atoms with Gasteiger partial charge in [0.05, 0.1) is 17.5 Å². The Bertz CT molecular complexity index is 629. The Labute approximate surface area is 99.0 Å². The summed E-state index contributed by atoms with van der Waals surface area (Å²) in [6.07, 6.45) is 0.0942. The van der Waals surface area contributed by atoms with Crippen molar-refractivity contribution in [2.24, 2.45) is 0 Å². The first-order valence-corrected chi connectivity index (χ1v) is 4.84. The van der Waals surface area contributed by atoms with Crippen LogP contribution >= 0.6 is 0 Å². The molecule has 0 spiro atoms. The first-order valence-electron chi connectivity index (χ1n) is 4.84. The summed E-state index contributed by atoms with van der Waals surface area (Å²) in [5.74, 6) is -1.18. The van der Waals surface area contributed by atoms with Gasteiger partial charge in [0.1, 0.15) is 5.65 Å². The number of halogens is 3. The Hall–Kier alpha value is -2.31. The highest BCUT2D eigenvalue weighted by atomic mass is 19.4. The van der Waals surface area contributed by atoms with Crippen LogP contribution in [-0.2, 0) is 11.0 Å². The molecule has 0 fully saturated rings. The quantitative estimate of drug-likeness (QED) is 0.839. The Morgan fingerprint density at radius 1 is 1.44 bits per heavy atom. The van der Waals surface area contributed by atoms with Crippen LogP contribution in [-0.4, -0.2) is 20.5 Å². The van der Waals surface area contributed by atoms with Crippen LogP contribution in [0.1, 0.15) is 11.3 Å². The number of rotatable bonds is 2. The van der Waals surface area contributed by atoms with Crippen LogP contribution in [0.5, 0.6) is 0 Å². The number of pyridine rings is 1. The van der Waals surface area contributed by atoms with Gasteiger partial charge in [0, 0.05) is 12.3 Å². The maximum Gasteiger partial charge on any atom is 0.419 e. The average molecular weight is 256 g/mol. The largest absolute Gasteiger partial charge is 0.478 e. The normalized spacial score (nSPS) is 12.4. The van der Waals surface area contributed by atoms with Gasteiger partial charge in [0.25, 0.3) is 0 Å². The summed E-state index contributed by atoms with van der Waals surface area (Å²) in [5, 5.41) is 8.47. The minimum Gasteiger partial charge on any atom is -0.478 e. The highest BCUT2D eigenvalue weighted by Crippen LogP contribution is 2.32. The number of nitrogens with zero attached hydrogens (tertiary/aromatic N) is 2. The van der Waals surface area contributed by atoms with Crippen molar-refractivity contribution in [3.8, 4) is 0 Å². The molecule has 0 amide bonds. The third-order valence-corrected chi connectivity index (χ3v) is 2.27. The van der Waals surface area contributed by atoms with Crippen molar-refractivity contribution in [1.82, 2.24) is 9.38 Å². The number of aromatic nitrogens is 2. The fourth-order valence-electron chi connectivity index (χ4n) is 1.53. The van der Waals surface area contributed by atoms with E-state index < -0.39 is 17.7 Å². The summed E-state index contributed by atoms with van der Waals surface area (Å²) in [6, 6.07) is 2.16. The molecule has 2 aromatic rings. The van der Waals surface area contributed by atoms with Crippen LogP contribution in [0.3, 0.4) is 0 Å². The summed E-state index contributed by atoms with van der Waals surface area (Å²) in [4.78, 5) is 14.0. The molecule has 0 bridgehead atoms. The van der Waals surface area contributed by atoms with Crippen molar-refractivity contribution in [2.45, 2.75) is 6.18 Å². The molecular formula is C11H7F3N2O2. The fourth-order valence-corrected chi connectivity index (χ4v) is 1.53. The summed E-state index contributed by atoms with van der Waals surface area (Å²) < 4.78 is 39.2. The van der Waals surface area contributed by atoms with E-state index in [1.54, 1.807) is 0 Å². The number of hydrogen-bond acceptors (Lipinski definition) is 2. The molecular weight excluding hydrogens is 249 g/mol. The first-order chi connectivity index (χ1) is 8.39.